The smallest absolute Gasteiger partial charge is 0.313 e. The van der Waals surface area contributed by atoms with Gasteiger partial charge in [-0.05, 0) is 24.3 Å². The van der Waals surface area contributed by atoms with Gasteiger partial charge in [0.25, 0.3) is 0 Å². The highest BCUT2D eigenvalue weighted by Gasteiger charge is 2.25. The van der Waals surface area contributed by atoms with Crippen molar-refractivity contribution in [1.82, 2.24) is 9.62 Å². The molecule has 3 N–H and O–H groups in total. The minimum absolute atomic E-state index is 0.350. The summed E-state index contributed by atoms with van der Waals surface area (Å²) in [6.45, 7) is 3.30. The van der Waals surface area contributed by atoms with E-state index in [0.717, 1.165) is 0 Å². The fourth-order valence-electron chi connectivity index (χ4n) is 2.68. The van der Waals surface area contributed by atoms with E-state index in [0.29, 0.717) is 50.7 Å². The second kappa shape index (κ2) is 8.97. The predicted molar refractivity (Wildman–Crippen MR) is 96.6 cm³/mol. The van der Waals surface area contributed by atoms with Crippen LogP contribution in [0.1, 0.15) is 0 Å². The zero-order valence-corrected chi connectivity index (χ0v) is 15.8. The summed E-state index contributed by atoms with van der Waals surface area (Å²) >= 11 is 0. The molecule has 1 aliphatic rings. The third-order valence-corrected chi connectivity index (χ3v) is 5.52. The highest BCUT2D eigenvalue weighted by molar-refractivity contribution is 7.88. The van der Waals surface area contributed by atoms with E-state index in [4.69, 9.17) is 4.74 Å². The SMILES string of the molecule is COc1ccc(NC(=O)C(=O)NCC[NH+]2CCN(S(C)(=O)=O)CC2)cc1. The third kappa shape index (κ3) is 5.97. The molecule has 0 unspecified atom stereocenters. The van der Waals surface area contributed by atoms with Crippen LogP contribution >= 0.6 is 0 Å². The van der Waals surface area contributed by atoms with E-state index in [1.165, 1.54) is 15.5 Å². The molecule has 2 rings (SSSR count). The van der Waals surface area contributed by atoms with Crippen LogP contribution in [0, 0.1) is 0 Å². The van der Waals surface area contributed by atoms with Gasteiger partial charge in [-0.3, -0.25) is 9.59 Å². The lowest BCUT2D eigenvalue weighted by Gasteiger charge is -2.30. The Labute approximate surface area is 153 Å². The van der Waals surface area contributed by atoms with Crippen molar-refractivity contribution < 1.29 is 27.6 Å². The molecule has 1 saturated heterocycles. The van der Waals surface area contributed by atoms with Crippen molar-refractivity contribution >= 4 is 27.5 Å². The largest absolute Gasteiger partial charge is 0.497 e. The van der Waals surface area contributed by atoms with Gasteiger partial charge in [-0.1, -0.05) is 0 Å². The van der Waals surface area contributed by atoms with Crippen LogP contribution in [0.5, 0.6) is 5.75 Å². The first-order chi connectivity index (χ1) is 12.3. The molecule has 0 aromatic heterocycles. The molecule has 144 valence electrons. The lowest BCUT2D eigenvalue weighted by Crippen LogP contribution is -3.15. The summed E-state index contributed by atoms with van der Waals surface area (Å²) in [7, 11) is -1.59. The molecule has 2 amide bonds. The first-order valence-corrected chi connectivity index (χ1v) is 10.2. The van der Waals surface area contributed by atoms with Crippen LogP contribution in [0.2, 0.25) is 0 Å². The third-order valence-electron chi connectivity index (χ3n) is 4.22. The number of nitrogens with one attached hydrogen (secondary N) is 3. The van der Waals surface area contributed by atoms with Crippen LogP contribution in [0.15, 0.2) is 24.3 Å². The molecule has 0 radical (unpaired) electrons. The van der Waals surface area contributed by atoms with Crippen molar-refractivity contribution in [3.63, 3.8) is 0 Å². The maximum Gasteiger partial charge on any atom is 0.313 e. The van der Waals surface area contributed by atoms with Crippen LogP contribution in [0.25, 0.3) is 0 Å². The summed E-state index contributed by atoms with van der Waals surface area (Å²) in [4.78, 5) is 24.9. The van der Waals surface area contributed by atoms with E-state index in [1.54, 1.807) is 31.4 Å². The summed E-state index contributed by atoms with van der Waals surface area (Å²) in [5.74, 6) is -0.770. The minimum atomic E-state index is -3.14. The Kier molecular flexibility index (Phi) is 6.95. The van der Waals surface area contributed by atoms with Crippen molar-refractivity contribution in [2.75, 3.05) is 58.0 Å². The number of quaternary nitrogens is 1. The normalized spacial score (nSPS) is 16.1. The quantitative estimate of drug-likeness (QED) is 0.487. The fraction of sp³-hybridized carbons (Fsp3) is 0.500. The van der Waals surface area contributed by atoms with Crippen molar-refractivity contribution in [3.8, 4) is 5.75 Å². The van der Waals surface area contributed by atoms with E-state index >= 15 is 0 Å². The van der Waals surface area contributed by atoms with Gasteiger partial charge in [0.2, 0.25) is 10.0 Å². The predicted octanol–water partition coefficient (Wildman–Crippen LogP) is -2.09. The molecule has 0 spiro atoms. The molecule has 0 atom stereocenters. The Bertz CT molecular complexity index is 728. The van der Waals surface area contributed by atoms with Gasteiger partial charge < -0.3 is 20.3 Å². The van der Waals surface area contributed by atoms with Crippen molar-refractivity contribution in [2.45, 2.75) is 0 Å². The van der Waals surface area contributed by atoms with Crippen LogP contribution in [-0.4, -0.2) is 77.2 Å². The number of hydrogen-bond acceptors (Lipinski definition) is 5. The first kappa shape index (κ1) is 20.1. The maximum atomic E-state index is 11.9. The number of carbonyl (C=O) groups is 2. The number of ether oxygens (including phenoxy) is 1. The van der Waals surface area contributed by atoms with Crippen LogP contribution in [-0.2, 0) is 19.6 Å². The summed E-state index contributed by atoms with van der Waals surface area (Å²) in [6, 6.07) is 6.67. The molecule has 0 bridgehead atoms. The topological polar surface area (TPSA) is 109 Å². The zero-order chi connectivity index (χ0) is 19.2. The van der Waals surface area contributed by atoms with Gasteiger partial charge in [-0.15, -0.1) is 0 Å². The van der Waals surface area contributed by atoms with Crippen LogP contribution < -0.4 is 20.3 Å². The Balaban J connectivity index is 1.69. The molecular weight excluding hydrogens is 360 g/mol. The Hall–Kier alpha value is -2.17. The molecule has 0 aliphatic carbocycles. The van der Waals surface area contributed by atoms with Crippen molar-refractivity contribution in [2.24, 2.45) is 0 Å². The van der Waals surface area contributed by atoms with Gasteiger partial charge in [0.05, 0.1) is 52.6 Å². The number of nitrogens with zero attached hydrogens (tertiary/aromatic N) is 1. The molecule has 1 aromatic carbocycles. The van der Waals surface area contributed by atoms with Gasteiger partial charge >= 0.3 is 11.8 Å². The number of rotatable bonds is 6. The van der Waals surface area contributed by atoms with E-state index < -0.39 is 21.8 Å². The number of carbonyl (C=O) groups excluding carboxylic acids is 2. The number of amides is 2. The van der Waals surface area contributed by atoms with E-state index in [1.807, 2.05) is 0 Å². The van der Waals surface area contributed by atoms with Gasteiger partial charge in [0.1, 0.15) is 5.75 Å². The van der Waals surface area contributed by atoms with Gasteiger partial charge in [0, 0.05) is 5.69 Å². The van der Waals surface area contributed by atoms with Gasteiger partial charge in [0.15, 0.2) is 0 Å². The number of anilines is 1. The summed E-state index contributed by atoms with van der Waals surface area (Å²) in [5.41, 5.74) is 0.508. The molecule has 1 heterocycles. The Morgan fingerprint density at radius 1 is 1.15 bits per heavy atom. The van der Waals surface area contributed by atoms with E-state index in [9.17, 15) is 18.0 Å². The van der Waals surface area contributed by atoms with Gasteiger partial charge in [-0.2, -0.15) is 4.31 Å². The average Bonchev–Trinajstić information content (AvgIpc) is 2.62. The molecule has 1 aliphatic heterocycles. The Morgan fingerprint density at radius 3 is 2.31 bits per heavy atom. The molecule has 0 saturated carbocycles. The molecule has 10 heteroatoms. The Morgan fingerprint density at radius 2 is 1.77 bits per heavy atom. The number of sulfonamides is 1. The summed E-state index contributed by atoms with van der Waals surface area (Å²) in [6.07, 6.45) is 1.21. The second-order valence-corrected chi connectivity index (χ2v) is 8.08. The molecule has 1 aromatic rings. The molecule has 1 fully saturated rings. The summed E-state index contributed by atoms with van der Waals surface area (Å²) < 4.78 is 29.4. The number of hydrogen-bond donors (Lipinski definition) is 3. The average molecular weight is 385 g/mol. The van der Waals surface area contributed by atoms with E-state index in [-0.39, 0.29) is 0 Å². The monoisotopic (exact) mass is 385 g/mol. The lowest BCUT2D eigenvalue weighted by molar-refractivity contribution is -0.902. The van der Waals surface area contributed by atoms with E-state index in [2.05, 4.69) is 10.6 Å². The van der Waals surface area contributed by atoms with Gasteiger partial charge in [-0.25, -0.2) is 8.42 Å². The maximum absolute atomic E-state index is 11.9. The van der Waals surface area contributed by atoms with Crippen molar-refractivity contribution in [3.05, 3.63) is 24.3 Å². The minimum Gasteiger partial charge on any atom is -0.497 e. The standard InChI is InChI=1S/C16H24N4O5S/c1-25-14-5-3-13(4-6-14)18-16(22)15(21)17-7-8-19-9-11-20(12-10-19)26(2,23)24/h3-6H,7-12H2,1-2H3,(H,17,21)(H,18,22)/p+1. The number of piperazine rings is 1. The lowest BCUT2D eigenvalue weighted by atomic mass is 10.3. The zero-order valence-electron chi connectivity index (χ0n) is 14.9. The fourth-order valence-corrected chi connectivity index (χ4v) is 3.53. The molecule has 9 nitrogen and oxygen atoms in total. The van der Waals surface area contributed by atoms with Crippen LogP contribution in [0.3, 0.4) is 0 Å². The highest BCUT2D eigenvalue weighted by atomic mass is 32.2. The number of benzene rings is 1. The van der Waals surface area contributed by atoms with Crippen molar-refractivity contribution in [1.29, 1.82) is 0 Å². The molecular formula is C16H25N4O5S+. The summed E-state index contributed by atoms with van der Waals surface area (Å²) in [5, 5.41) is 5.10. The second-order valence-electron chi connectivity index (χ2n) is 6.10. The van der Waals surface area contributed by atoms with Crippen LogP contribution in [0.4, 0.5) is 5.69 Å². The first-order valence-electron chi connectivity index (χ1n) is 8.31. The highest BCUT2D eigenvalue weighted by Crippen LogP contribution is 2.14. The molecule has 26 heavy (non-hydrogen) atoms. The number of methoxy groups -OCH3 is 1.